The van der Waals surface area contributed by atoms with Crippen molar-refractivity contribution in [2.75, 3.05) is 13.2 Å². The molecule has 3 aromatic rings. The number of fused-ring (bicyclic) bond motifs is 1. The molecule has 1 aromatic heterocycles. The lowest BCUT2D eigenvalue weighted by molar-refractivity contribution is -0.138. The van der Waals surface area contributed by atoms with Crippen molar-refractivity contribution >= 4 is 28.9 Å². The van der Waals surface area contributed by atoms with E-state index in [4.69, 9.17) is 4.74 Å². The number of likely N-dealkylation sites (tertiary alicyclic amines) is 1. The second-order valence-corrected chi connectivity index (χ2v) is 9.41. The summed E-state index contributed by atoms with van der Waals surface area (Å²) < 4.78 is 5.53. The summed E-state index contributed by atoms with van der Waals surface area (Å²) >= 11 is 1.39. The Bertz CT molecular complexity index is 1160. The Balaban J connectivity index is 1.37. The number of benzene rings is 2. The molecule has 2 saturated heterocycles. The van der Waals surface area contributed by atoms with E-state index in [0.29, 0.717) is 24.3 Å². The molecule has 6 nitrogen and oxygen atoms in total. The van der Waals surface area contributed by atoms with Crippen LogP contribution in [0.25, 0.3) is 10.4 Å². The van der Waals surface area contributed by atoms with Gasteiger partial charge >= 0.3 is 0 Å². The predicted octanol–water partition coefficient (Wildman–Crippen LogP) is 3.33. The number of nitrogens with zero attached hydrogens (tertiary/aromatic N) is 1. The number of hydrogen-bond donors (Lipinski definition) is 1. The third-order valence-electron chi connectivity index (χ3n) is 6.17. The average Bonchev–Trinajstić information content (AvgIpc) is 3.58. The number of ketones is 1. The molecule has 0 bridgehead atoms. The Labute approximate surface area is 196 Å². The zero-order chi connectivity index (χ0) is 22.8. The standard InChI is InChI=1S/C26H24N2O4S/c29-20-16-32-21-13-14-28(24(20)21)26(31)19(15-17-7-3-1-4-8-17)27-25(30)23-12-11-22(33-23)18-9-5-2-6-10-18/h1-12,19,21,24H,13-16H2,(H,27,30). The molecule has 168 valence electrons. The highest BCUT2D eigenvalue weighted by Gasteiger charge is 2.48. The molecule has 0 aliphatic carbocycles. The fraction of sp³-hybridized carbons (Fsp3) is 0.269. The largest absolute Gasteiger partial charge is 0.368 e. The van der Waals surface area contributed by atoms with Gasteiger partial charge in [-0.25, -0.2) is 0 Å². The van der Waals surface area contributed by atoms with Crippen molar-refractivity contribution in [2.45, 2.75) is 31.0 Å². The zero-order valence-corrected chi connectivity index (χ0v) is 18.8. The molecule has 1 N–H and O–H groups in total. The van der Waals surface area contributed by atoms with Crippen molar-refractivity contribution in [1.82, 2.24) is 10.2 Å². The van der Waals surface area contributed by atoms with E-state index in [2.05, 4.69) is 5.32 Å². The van der Waals surface area contributed by atoms with Crippen LogP contribution in [0.4, 0.5) is 0 Å². The smallest absolute Gasteiger partial charge is 0.262 e. The number of thiophene rings is 1. The minimum atomic E-state index is -0.769. The van der Waals surface area contributed by atoms with Gasteiger partial charge in [-0.05, 0) is 29.7 Å². The van der Waals surface area contributed by atoms with Gasteiger partial charge in [0.2, 0.25) is 5.91 Å². The molecule has 2 aliphatic heterocycles. The van der Waals surface area contributed by atoms with Crippen molar-refractivity contribution in [3.05, 3.63) is 83.2 Å². The summed E-state index contributed by atoms with van der Waals surface area (Å²) in [5.41, 5.74) is 1.98. The highest BCUT2D eigenvalue weighted by Crippen LogP contribution is 2.29. The van der Waals surface area contributed by atoms with Crippen LogP contribution in [-0.2, 0) is 20.7 Å². The van der Waals surface area contributed by atoms with Crippen LogP contribution in [0, 0.1) is 0 Å². The summed E-state index contributed by atoms with van der Waals surface area (Å²) in [4.78, 5) is 42.1. The maximum absolute atomic E-state index is 13.5. The van der Waals surface area contributed by atoms with Crippen molar-refractivity contribution in [1.29, 1.82) is 0 Å². The van der Waals surface area contributed by atoms with Crippen LogP contribution in [0.2, 0.25) is 0 Å². The van der Waals surface area contributed by atoms with Gasteiger partial charge in [0.15, 0.2) is 5.78 Å². The summed E-state index contributed by atoms with van der Waals surface area (Å²) in [6.45, 7) is 0.504. The van der Waals surface area contributed by atoms with Crippen LogP contribution in [0.1, 0.15) is 21.7 Å². The van der Waals surface area contributed by atoms with E-state index in [9.17, 15) is 14.4 Å². The van der Waals surface area contributed by atoms with Gasteiger partial charge in [0.05, 0.1) is 11.0 Å². The molecule has 5 rings (SSSR count). The molecular formula is C26H24N2O4S. The fourth-order valence-corrected chi connectivity index (χ4v) is 5.45. The monoisotopic (exact) mass is 460 g/mol. The Morgan fingerprint density at radius 1 is 1.03 bits per heavy atom. The van der Waals surface area contributed by atoms with Gasteiger partial charge < -0.3 is 15.0 Å². The average molecular weight is 461 g/mol. The van der Waals surface area contributed by atoms with Crippen LogP contribution >= 0.6 is 11.3 Å². The fourth-order valence-electron chi connectivity index (χ4n) is 4.54. The summed E-state index contributed by atoms with van der Waals surface area (Å²) in [5, 5.41) is 2.95. The number of carbonyl (C=O) groups excluding carboxylic acids is 3. The van der Waals surface area contributed by atoms with Crippen LogP contribution in [-0.4, -0.2) is 53.8 Å². The minimum absolute atomic E-state index is 0.0479. The lowest BCUT2D eigenvalue weighted by atomic mass is 10.0. The third-order valence-corrected chi connectivity index (χ3v) is 7.30. The van der Waals surface area contributed by atoms with Gasteiger partial charge in [-0.2, -0.15) is 0 Å². The topological polar surface area (TPSA) is 75.7 Å². The van der Waals surface area contributed by atoms with Gasteiger partial charge in [-0.1, -0.05) is 60.7 Å². The van der Waals surface area contributed by atoms with Crippen LogP contribution in [0.3, 0.4) is 0 Å². The van der Waals surface area contributed by atoms with Gasteiger partial charge in [0.25, 0.3) is 5.91 Å². The normalized spacial score (nSPS) is 20.5. The molecule has 0 spiro atoms. The van der Waals surface area contributed by atoms with Gasteiger partial charge in [-0.3, -0.25) is 14.4 Å². The Kier molecular flexibility index (Phi) is 6.07. The Morgan fingerprint density at radius 3 is 2.52 bits per heavy atom. The SMILES string of the molecule is O=C(NC(Cc1ccccc1)C(=O)N1CCC2OCC(=O)C21)c1ccc(-c2ccccc2)s1. The van der Waals surface area contributed by atoms with E-state index >= 15 is 0 Å². The molecule has 3 unspecified atom stereocenters. The summed E-state index contributed by atoms with van der Waals surface area (Å²) in [5.74, 6) is -0.596. The van der Waals surface area contributed by atoms with Crippen LogP contribution in [0.5, 0.6) is 0 Å². The van der Waals surface area contributed by atoms with Crippen molar-refractivity contribution in [3.8, 4) is 10.4 Å². The number of nitrogens with one attached hydrogen (secondary N) is 1. The molecule has 33 heavy (non-hydrogen) atoms. The number of Topliss-reactive ketones (excluding diaryl/α,β-unsaturated/α-hetero) is 1. The first-order valence-corrected chi connectivity index (χ1v) is 11.9. The molecule has 2 aliphatic rings. The van der Waals surface area contributed by atoms with E-state index in [-0.39, 0.29) is 30.3 Å². The number of carbonyl (C=O) groups is 3. The number of amides is 2. The molecule has 0 radical (unpaired) electrons. The Hall–Kier alpha value is -3.29. The number of rotatable bonds is 6. The maximum Gasteiger partial charge on any atom is 0.262 e. The molecule has 3 atom stereocenters. The van der Waals surface area contributed by atoms with Crippen LogP contribution < -0.4 is 5.32 Å². The van der Waals surface area contributed by atoms with Crippen LogP contribution in [0.15, 0.2) is 72.8 Å². The second-order valence-electron chi connectivity index (χ2n) is 8.33. The first kappa shape index (κ1) is 21.6. The first-order chi connectivity index (χ1) is 16.1. The summed E-state index contributed by atoms with van der Waals surface area (Å²) in [6, 6.07) is 21.9. The van der Waals surface area contributed by atoms with Crippen molar-refractivity contribution in [2.24, 2.45) is 0 Å². The molecule has 2 amide bonds. The summed E-state index contributed by atoms with van der Waals surface area (Å²) in [6.07, 6.45) is 0.755. The van der Waals surface area contributed by atoms with Crippen molar-refractivity contribution < 1.29 is 19.1 Å². The van der Waals surface area contributed by atoms with E-state index in [0.717, 1.165) is 16.0 Å². The first-order valence-electron chi connectivity index (χ1n) is 11.0. The maximum atomic E-state index is 13.5. The summed E-state index contributed by atoms with van der Waals surface area (Å²) in [7, 11) is 0. The van der Waals surface area contributed by atoms with E-state index in [1.54, 1.807) is 11.0 Å². The third kappa shape index (κ3) is 4.47. The van der Waals surface area contributed by atoms with Gasteiger partial charge in [-0.15, -0.1) is 11.3 Å². The lowest BCUT2D eigenvalue weighted by Gasteiger charge is -2.27. The zero-order valence-electron chi connectivity index (χ0n) is 18.0. The van der Waals surface area contributed by atoms with Gasteiger partial charge in [0, 0.05) is 17.8 Å². The molecule has 2 fully saturated rings. The van der Waals surface area contributed by atoms with E-state index < -0.39 is 12.1 Å². The molecule has 3 heterocycles. The minimum Gasteiger partial charge on any atom is -0.368 e. The second kappa shape index (κ2) is 9.29. The van der Waals surface area contributed by atoms with Crippen molar-refractivity contribution in [3.63, 3.8) is 0 Å². The van der Waals surface area contributed by atoms with E-state index in [1.807, 2.05) is 66.7 Å². The van der Waals surface area contributed by atoms with E-state index in [1.165, 1.54) is 11.3 Å². The lowest BCUT2D eigenvalue weighted by Crippen LogP contribution is -2.53. The Morgan fingerprint density at radius 2 is 1.76 bits per heavy atom. The quantitative estimate of drug-likeness (QED) is 0.612. The number of ether oxygens (including phenoxy) is 1. The molecule has 0 saturated carbocycles. The molecule has 7 heteroatoms. The predicted molar refractivity (Wildman–Crippen MR) is 126 cm³/mol. The molecular weight excluding hydrogens is 436 g/mol. The van der Waals surface area contributed by atoms with Gasteiger partial charge in [0.1, 0.15) is 18.7 Å². The molecule has 2 aromatic carbocycles. The highest BCUT2D eigenvalue weighted by molar-refractivity contribution is 7.17. The highest BCUT2D eigenvalue weighted by atomic mass is 32.1. The number of hydrogen-bond acceptors (Lipinski definition) is 5.